The van der Waals surface area contributed by atoms with E-state index in [4.69, 9.17) is 0 Å². The van der Waals surface area contributed by atoms with Crippen molar-refractivity contribution in [1.29, 1.82) is 0 Å². The minimum atomic E-state index is -0.514. The van der Waals surface area contributed by atoms with E-state index in [0.717, 1.165) is 9.75 Å². The number of nitrogens with one attached hydrogen (secondary N) is 1. The number of methoxy groups -OCH3 is 1. The number of halogens is 1. The van der Waals surface area contributed by atoms with Crippen LogP contribution in [0.5, 0.6) is 0 Å². The molecule has 22 heavy (non-hydrogen) atoms. The third-order valence-electron chi connectivity index (χ3n) is 2.80. The molecule has 1 N–H and O–H groups in total. The summed E-state index contributed by atoms with van der Waals surface area (Å²) in [5.74, 6) is -1.19. The molecule has 6 heteroatoms. The van der Waals surface area contributed by atoms with E-state index in [2.05, 4.69) is 10.1 Å². The molecule has 0 fully saturated rings. The maximum absolute atomic E-state index is 13.7. The summed E-state index contributed by atoms with van der Waals surface area (Å²) in [6.07, 6.45) is 2.93. The van der Waals surface area contributed by atoms with Crippen LogP contribution in [0, 0.1) is 5.82 Å². The monoisotopic (exact) mass is 319 g/mol. The Morgan fingerprint density at radius 3 is 2.77 bits per heavy atom. The minimum Gasteiger partial charge on any atom is -0.468 e. The summed E-state index contributed by atoms with van der Waals surface area (Å²) >= 11 is 1.37. The van der Waals surface area contributed by atoms with Gasteiger partial charge in [-0.1, -0.05) is 18.2 Å². The van der Waals surface area contributed by atoms with E-state index in [1.165, 1.54) is 30.6 Å². The van der Waals surface area contributed by atoms with E-state index < -0.39 is 11.9 Å². The predicted octanol–water partition coefficient (Wildman–Crippen LogP) is 2.86. The second-order valence-corrected chi connectivity index (χ2v) is 5.42. The van der Waals surface area contributed by atoms with Crippen molar-refractivity contribution in [1.82, 2.24) is 5.32 Å². The molecule has 4 nitrogen and oxygen atoms in total. The van der Waals surface area contributed by atoms with Gasteiger partial charge in [-0.05, 0) is 24.3 Å². The molecule has 0 atom stereocenters. The van der Waals surface area contributed by atoms with Crippen molar-refractivity contribution < 1.29 is 18.7 Å². The van der Waals surface area contributed by atoms with Crippen molar-refractivity contribution in [2.45, 2.75) is 0 Å². The van der Waals surface area contributed by atoms with E-state index in [1.54, 1.807) is 36.4 Å². The number of benzene rings is 1. The quantitative estimate of drug-likeness (QED) is 0.681. The highest BCUT2D eigenvalue weighted by molar-refractivity contribution is 7.16. The van der Waals surface area contributed by atoms with Crippen molar-refractivity contribution in [3.05, 3.63) is 53.2 Å². The summed E-state index contributed by atoms with van der Waals surface area (Å²) < 4.78 is 18.1. The molecule has 1 amide bonds. The molecule has 0 saturated carbocycles. The molecule has 1 aromatic heterocycles. The number of esters is 1. The van der Waals surface area contributed by atoms with Crippen molar-refractivity contribution >= 4 is 29.3 Å². The van der Waals surface area contributed by atoms with Crippen LogP contribution in [-0.2, 0) is 14.3 Å². The Labute approximate surface area is 131 Å². The van der Waals surface area contributed by atoms with Crippen molar-refractivity contribution in [3.63, 3.8) is 0 Å². The van der Waals surface area contributed by atoms with E-state index >= 15 is 0 Å². The first kappa shape index (κ1) is 15.9. The number of carbonyl (C=O) groups excluding carboxylic acids is 2. The Hall–Kier alpha value is -2.47. The van der Waals surface area contributed by atoms with Crippen LogP contribution in [0.3, 0.4) is 0 Å². The number of hydrogen-bond acceptors (Lipinski definition) is 4. The Morgan fingerprint density at radius 1 is 1.27 bits per heavy atom. The van der Waals surface area contributed by atoms with Crippen LogP contribution in [0.1, 0.15) is 4.88 Å². The number of thiophene rings is 1. The second kappa shape index (κ2) is 7.51. The molecule has 2 aromatic rings. The standard InChI is InChI=1S/C16H14FNO3S/c1-21-16(20)10-18-15(19)9-7-11-6-8-14(22-11)12-4-2-3-5-13(12)17/h2-9H,10H2,1H3,(H,18,19)/b9-7+. The zero-order valence-corrected chi connectivity index (χ0v) is 12.7. The third-order valence-corrected chi connectivity index (χ3v) is 3.88. The van der Waals surface area contributed by atoms with Gasteiger partial charge in [0.25, 0.3) is 0 Å². The molecule has 0 saturated heterocycles. The van der Waals surface area contributed by atoms with Gasteiger partial charge in [0.2, 0.25) is 5.91 Å². The van der Waals surface area contributed by atoms with E-state index in [9.17, 15) is 14.0 Å². The lowest BCUT2D eigenvalue weighted by Crippen LogP contribution is -2.28. The predicted molar refractivity (Wildman–Crippen MR) is 83.8 cm³/mol. The number of amides is 1. The Morgan fingerprint density at radius 2 is 2.05 bits per heavy atom. The lowest BCUT2D eigenvalue weighted by atomic mass is 10.2. The Kier molecular flexibility index (Phi) is 5.43. The van der Waals surface area contributed by atoms with Crippen LogP contribution in [-0.4, -0.2) is 25.5 Å². The number of rotatable bonds is 5. The molecule has 1 heterocycles. The average molecular weight is 319 g/mol. The highest BCUT2D eigenvalue weighted by Crippen LogP contribution is 2.30. The van der Waals surface area contributed by atoms with E-state index in [-0.39, 0.29) is 12.4 Å². The van der Waals surface area contributed by atoms with Crippen LogP contribution < -0.4 is 5.32 Å². The topological polar surface area (TPSA) is 55.4 Å². The smallest absolute Gasteiger partial charge is 0.325 e. The van der Waals surface area contributed by atoms with E-state index in [1.807, 2.05) is 0 Å². The summed E-state index contributed by atoms with van der Waals surface area (Å²) in [6, 6.07) is 10.1. The molecule has 0 aliphatic heterocycles. The van der Waals surface area contributed by atoms with Crippen LogP contribution >= 0.6 is 11.3 Å². The van der Waals surface area contributed by atoms with Gasteiger partial charge in [-0.15, -0.1) is 11.3 Å². The summed E-state index contributed by atoms with van der Waals surface area (Å²) in [5.41, 5.74) is 0.530. The summed E-state index contributed by atoms with van der Waals surface area (Å²) in [6.45, 7) is -0.176. The van der Waals surface area contributed by atoms with Crippen LogP contribution in [0.25, 0.3) is 16.5 Å². The lowest BCUT2D eigenvalue weighted by Gasteiger charge is -1.99. The molecule has 0 aliphatic carbocycles. The van der Waals surface area contributed by atoms with Gasteiger partial charge in [0.05, 0.1) is 7.11 Å². The van der Waals surface area contributed by atoms with Gasteiger partial charge >= 0.3 is 5.97 Å². The van der Waals surface area contributed by atoms with Crippen LogP contribution in [0.2, 0.25) is 0 Å². The van der Waals surface area contributed by atoms with Gasteiger partial charge in [0.15, 0.2) is 0 Å². The Balaban J connectivity index is 2.00. The molecule has 0 bridgehead atoms. The van der Waals surface area contributed by atoms with E-state index in [0.29, 0.717) is 5.56 Å². The maximum atomic E-state index is 13.7. The lowest BCUT2D eigenvalue weighted by molar-refractivity contribution is -0.140. The first-order valence-corrected chi connectivity index (χ1v) is 7.29. The molecular formula is C16H14FNO3S. The fourth-order valence-corrected chi connectivity index (χ4v) is 2.63. The summed E-state index contributed by atoms with van der Waals surface area (Å²) in [5, 5.41) is 2.40. The van der Waals surface area contributed by atoms with Gasteiger partial charge in [-0.3, -0.25) is 9.59 Å². The minimum absolute atomic E-state index is 0.176. The number of hydrogen-bond donors (Lipinski definition) is 1. The first-order valence-electron chi connectivity index (χ1n) is 6.47. The van der Waals surface area contributed by atoms with Gasteiger partial charge < -0.3 is 10.1 Å². The average Bonchev–Trinajstić information content (AvgIpc) is 2.99. The zero-order chi connectivity index (χ0) is 15.9. The Bertz CT molecular complexity index is 709. The van der Waals surface area contributed by atoms with Gasteiger partial charge in [-0.25, -0.2) is 4.39 Å². The first-order chi connectivity index (χ1) is 10.6. The van der Waals surface area contributed by atoms with Crippen LogP contribution in [0.15, 0.2) is 42.5 Å². The largest absolute Gasteiger partial charge is 0.468 e. The molecule has 114 valence electrons. The number of carbonyl (C=O) groups is 2. The fourth-order valence-electron chi connectivity index (χ4n) is 1.70. The maximum Gasteiger partial charge on any atom is 0.325 e. The number of ether oxygens (including phenoxy) is 1. The summed E-state index contributed by atoms with van der Waals surface area (Å²) in [4.78, 5) is 24.0. The molecule has 0 unspecified atom stereocenters. The second-order valence-electron chi connectivity index (χ2n) is 4.31. The normalized spacial score (nSPS) is 10.6. The summed E-state index contributed by atoms with van der Waals surface area (Å²) in [7, 11) is 1.25. The molecule has 2 rings (SSSR count). The van der Waals surface area contributed by atoms with Crippen molar-refractivity contribution in [2.24, 2.45) is 0 Å². The molecule has 1 aromatic carbocycles. The molecule has 0 radical (unpaired) electrons. The molecular weight excluding hydrogens is 305 g/mol. The SMILES string of the molecule is COC(=O)CNC(=O)/C=C/c1ccc(-c2ccccc2F)s1. The van der Waals surface area contributed by atoms with Gasteiger partial charge in [0.1, 0.15) is 12.4 Å². The van der Waals surface area contributed by atoms with Crippen LogP contribution in [0.4, 0.5) is 4.39 Å². The van der Waals surface area contributed by atoms with Gasteiger partial charge in [-0.2, -0.15) is 0 Å². The van der Waals surface area contributed by atoms with Gasteiger partial charge in [0, 0.05) is 21.4 Å². The van der Waals surface area contributed by atoms with Crippen molar-refractivity contribution in [2.75, 3.05) is 13.7 Å². The highest BCUT2D eigenvalue weighted by atomic mass is 32.1. The van der Waals surface area contributed by atoms with Crippen molar-refractivity contribution in [3.8, 4) is 10.4 Å². The zero-order valence-electron chi connectivity index (χ0n) is 11.8. The highest BCUT2D eigenvalue weighted by Gasteiger charge is 2.06. The fraction of sp³-hybridized carbons (Fsp3) is 0.125. The molecule has 0 aliphatic rings. The third kappa shape index (κ3) is 4.26. The molecule has 0 spiro atoms.